The molecule has 0 amide bonds. The van der Waals surface area contributed by atoms with Crippen LogP contribution >= 0.6 is 12.4 Å². The highest BCUT2D eigenvalue weighted by Gasteiger charge is 2.43. The summed E-state index contributed by atoms with van der Waals surface area (Å²) in [7, 11) is 0. The molecule has 0 bridgehead atoms. The van der Waals surface area contributed by atoms with Gasteiger partial charge in [0.25, 0.3) is 0 Å². The van der Waals surface area contributed by atoms with Crippen molar-refractivity contribution in [2.24, 2.45) is 0 Å². The number of piperazine rings is 1. The molecule has 1 N–H and O–H groups in total. The maximum Gasteiger partial charge on any atom is 0.416 e. The summed E-state index contributed by atoms with van der Waals surface area (Å²) in [6.07, 6.45) is -17.7. The zero-order valence-corrected chi connectivity index (χ0v) is 15.4. The van der Waals surface area contributed by atoms with Gasteiger partial charge in [0.15, 0.2) is 0 Å². The molecule has 1 heterocycles. The van der Waals surface area contributed by atoms with E-state index in [1.165, 1.54) is 4.90 Å². The van der Waals surface area contributed by atoms with Gasteiger partial charge in [-0.25, -0.2) is 4.39 Å². The molecule has 1 fully saturated rings. The van der Waals surface area contributed by atoms with Crippen LogP contribution in [-0.2, 0) is 12.4 Å². The zero-order chi connectivity index (χ0) is 21.3. The molecule has 1 aromatic rings. The molecule has 0 unspecified atom stereocenters. The highest BCUT2D eigenvalue weighted by Crippen LogP contribution is 2.43. The summed E-state index contributed by atoms with van der Waals surface area (Å²) >= 11 is 0. The first-order valence-corrected chi connectivity index (χ1v) is 8.19. The molecule has 0 radical (unpaired) electrons. The second-order valence-electron chi connectivity index (χ2n) is 6.37. The van der Waals surface area contributed by atoms with E-state index in [1.807, 2.05) is 0 Å². The van der Waals surface area contributed by atoms with E-state index in [-0.39, 0.29) is 50.7 Å². The molecule has 0 spiro atoms. The summed E-state index contributed by atoms with van der Waals surface area (Å²) in [5.41, 5.74) is -4.95. The Balaban J connectivity index is 0.00000420. The number of hydrogen-bond acceptors (Lipinski definition) is 2. The van der Waals surface area contributed by atoms with E-state index in [1.54, 1.807) is 0 Å². The molecule has 1 aliphatic heterocycles. The van der Waals surface area contributed by atoms with Gasteiger partial charge >= 0.3 is 18.5 Å². The van der Waals surface area contributed by atoms with Crippen molar-refractivity contribution in [3.63, 3.8) is 0 Å². The second-order valence-corrected chi connectivity index (χ2v) is 6.37. The van der Waals surface area contributed by atoms with Crippen LogP contribution < -0.4 is 5.32 Å². The van der Waals surface area contributed by atoms with Crippen molar-refractivity contribution in [3.05, 3.63) is 34.6 Å². The fourth-order valence-electron chi connectivity index (χ4n) is 3.16. The number of benzene rings is 1. The SMILES string of the molecule is Cl.Fc1cc(C(F)(F)F)cc(C(F)(F)F)c1[C@H](CCC(F)(F)F)N1CCNCC1. The fraction of sp³-hybridized carbons (Fsp3) is 0.625. The van der Waals surface area contributed by atoms with Gasteiger partial charge in [-0.05, 0) is 18.6 Å². The lowest BCUT2D eigenvalue weighted by molar-refractivity contribution is -0.144. The van der Waals surface area contributed by atoms with Gasteiger partial charge in [-0.15, -0.1) is 12.4 Å². The molecule has 13 heteroatoms. The molecular weight excluding hydrogens is 446 g/mol. The van der Waals surface area contributed by atoms with Gasteiger partial charge in [-0.1, -0.05) is 0 Å². The first kappa shape index (κ1) is 25.8. The van der Waals surface area contributed by atoms with Crippen LogP contribution in [0.15, 0.2) is 12.1 Å². The van der Waals surface area contributed by atoms with Crippen molar-refractivity contribution in [1.29, 1.82) is 0 Å². The minimum atomic E-state index is -5.37. The van der Waals surface area contributed by atoms with Crippen LogP contribution in [-0.4, -0.2) is 37.3 Å². The van der Waals surface area contributed by atoms with E-state index in [0.717, 1.165) is 0 Å². The number of rotatable bonds is 4. The van der Waals surface area contributed by atoms with Crippen molar-refractivity contribution in [1.82, 2.24) is 10.2 Å². The largest absolute Gasteiger partial charge is 0.416 e. The van der Waals surface area contributed by atoms with Crippen LogP contribution in [0, 0.1) is 5.82 Å². The van der Waals surface area contributed by atoms with E-state index in [0.29, 0.717) is 0 Å². The molecule has 2 nitrogen and oxygen atoms in total. The smallest absolute Gasteiger partial charge is 0.314 e. The molecule has 0 saturated carbocycles. The number of nitrogens with zero attached hydrogens (tertiary/aromatic N) is 1. The summed E-state index contributed by atoms with van der Waals surface area (Å²) < 4.78 is 131. The Morgan fingerprint density at radius 1 is 0.897 bits per heavy atom. The summed E-state index contributed by atoms with van der Waals surface area (Å²) in [4.78, 5) is 1.23. The van der Waals surface area contributed by atoms with Crippen LogP contribution in [0.25, 0.3) is 0 Å². The van der Waals surface area contributed by atoms with Gasteiger partial charge in [0.2, 0.25) is 0 Å². The van der Waals surface area contributed by atoms with Crippen molar-refractivity contribution >= 4 is 12.4 Å². The minimum Gasteiger partial charge on any atom is -0.314 e. The van der Waals surface area contributed by atoms with Gasteiger partial charge in [0.1, 0.15) is 5.82 Å². The fourth-order valence-corrected chi connectivity index (χ4v) is 3.16. The maximum absolute atomic E-state index is 14.5. The molecular formula is C16H17ClF10N2. The third-order valence-corrected chi connectivity index (χ3v) is 4.39. The Kier molecular flexibility index (Phi) is 8.22. The Morgan fingerprint density at radius 2 is 1.45 bits per heavy atom. The van der Waals surface area contributed by atoms with Gasteiger partial charge in [0.05, 0.1) is 11.1 Å². The van der Waals surface area contributed by atoms with Gasteiger partial charge in [-0.3, -0.25) is 4.90 Å². The van der Waals surface area contributed by atoms with E-state index < -0.39 is 59.9 Å². The predicted molar refractivity (Wildman–Crippen MR) is 86.1 cm³/mol. The third kappa shape index (κ3) is 6.88. The highest BCUT2D eigenvalue weighted by atomic mass is 35.5. The standard InChI is InChI=1S/C16H16F10N2.ClH/c17-11-8-9(15(21,22)23)7-10(16(24,25)26)13(11)12(1-2-14(18,19)20)28-5-3-27-4-6-28;/h7-8,12,27H,1-6H2;1H/t12-;/m0./s1. The van der Waals surface area contributed by atoms with Crippen LogP contribution in [0.3, 0.4) is 0 Å². The lowest BCUT2D eigenvalue weighted by atomic mass is 9.92. The lowest BCUT2D eigenvalue weighted by Crippen LogP contribution is -2.46. The molecule has 1 saturated heterocycles. The Morgan fingerprint density at radius 3 is 1.90 bits per heavy atom. The van der Waals surface area contributed by atoms with Crippen LogP contribution in [0.5, 0.6) is 0 Å². The van der Waals surface area contributed by atoms with E-state index in [9.17, 15) is 43.9 Å². The normalized spacial score (nSPS) is 17.7. The number of nitrogens with one attached hydrogen (secondary N) is 1. The number of alkyl halides is 9. The number of hydrogen-bond donors (Lipinski definition) is 1. The Hall–Kier alpha value is -1.27. The Bertz CT molecular complexity index is 678. The Labute approximate surface area is 165 Å². The maximum atomic E-state index is 14.5. The van der Waals surface area contributed by atoms with Crippen molar-refractivity contribution in [2.75, 3.05) is 26.2 Å². The first-order valence-electron chi connectivity index (χ1n) is 8.19. The van der Waals surface area contributed by atoms with E-state index >= 15 is 0 Å². The number of halogens is 11. The average molecular weight is 463 g/mol. The summed E-state index contributed by atoms with van der Waals surface area (Å²) in [5.74, 6) is -1.83. The van der Waals surface area contributed by atoms with Crippen molar-refractivity contribution in [2.45, 2.75) is 37.4 Å². The molecule has 1 aliphatic rings. The summed E-state index contributed by atoms with van der Waals surface area (Å²) in [6.45, 7) is 0.540. The monoisotopic (exact) mass is 462 g/mol. The predicted octanol–water partition coefficient (Wildman–Crippen LogP) is 5.57. The lowest BCUT2D eigenvalue weighted by Gasteiger charge is -2.37. The van der Waals surface area contributed by atoms with Gasteiger partial charge in [0, 0.05) is 44.2 Å². The molecule has 0 aliphatic carbocycles. The van der Waals surface area contributed by atoms with Gasteiger partial charge < -0.3 is 5.32 Å². The average Bonchev–Trinajstić information content (AvgIpc) is 2.54. The molecule has 1 aromatic carbocycles. The minimum absolute atomic E-state index is 0. The highest BCUT2D eigenvalue weighted by molar-refractivity contribution is 5.85. The van der Waals surface area contributed by atoms with E-state index in [4.69, 9.17) is 0 Å². The van der Waals surface area contributed by atoms with Crippen molar-refractivity contribution < 1.29 is 43.9 Å². The summed E-state index contributed by atoms with van der Waals surface area (Å²) in [6, 6.07) is -2.02. The van der Waals surface area contributed by atoms with Crippen LogP contribution in [0.1, 0.15) is 35.6 Å². The quantitative estimate of drug-likeness (QED) is 0.588. The topological polar surface area (TPSA) is 15.3 Å². The van der Waals surface area contributed by atoms with Crippen molar-refractivity contribution in [3.8, 4) is 0 Å². The van der Waals surface area contributed by atoms with Crippen LogP contribution in [0.4, 0.5) is 43.9 Å². The van der Waals surface area contributed by atoms with Crippen LogP contribution in [0.2, 0.25) is 0 Å². The molecule has 29 heavy (non-hydrogen) atoms. The summed E-state index contributed by atoms with van der Waals surface area (Å²) in [5, 5.41) is 2.85. The first-order chi connectivity index (χ1) is 12.7. The molecule has 168 valence electrons. The molecule has 1 atom stereocenters. The van der Waals surface area contributed by atoms with E-state index in [2.05, 4.69) is 5.32 Å². The van der Waals surface area contributed by atoms with Gasteiger partial charge in [-0.2, -0.15) is 39.5 Å². The third-order valence-electron chi connectivity index (χ3n) is 4.39. The molecule has 0 aromatic heterocycles. The second kappa shape index (κ2) is 9.25. The zero-order valence-electron chi connectivity index (χ0n) is 14.6. The molecule has 2 rings (SSSR count).